The summed E-state index contributed by atoms with van der Waals surface area (Å²) in [6.07, 6.45) is 2.07. The van der Waals surface area contributed by atoms with Crippen LogP contribution in [0.2, 0.25) is 0 Å². The molecule has 0 amide bonds. The topological polar surface area (TPSA) is 39.4 Å². The molecule has 0 unspecified atom stereocenters. The average molecular weight is 322 g/mol. The van der Waals surface area contributed by atoms with Crippen LogP contribution in [-0.2, 0) is 11.3 Å². The molecule has 2 aromatic carbocycles. The van der Waals surface area contributed by atoms with Gasteiger partial charge in [0, 0.05) is 6.61 Å². The second-order valence-corrected chi connectivity index (χ2v) is 5.95. The molecule has 124 valence electrons. The first-order chi connectivity index (χ1) is 11.7. The minimum absolute atomic E-state index is 0.00893. The van der Waals surface area contributed by atoms with Crippen LogP contribution in [0, 0.1) is 6.92 Å². The summed E-state index contributed by atoms with van der Waals surface area (Å²) in [5, 5.41) is 0.647. The van der Waals surface area contributed by atoms with Crippen molar-refractivity contribution < 1.29 is 9.15 Å². The van der Waals surface area contributed by atoms with Gasteiger partial charge in [-0.15, -0.1) is 0 Å². The second kappa shape index (κ2) is 7.45. The lowest BCUT2D eigenvalue weighted by atomic mass is 10.0. The first-order valence-electron chi connectivity index (χ1n) is 8.41. The Balaban J connectivity index is 2.15. The lowest BCUT2D eigenvalue weighted by molar-refractivity contribution is 0.104. The van der Waals surface area contributed by atoms with Gasteiger partial charge in [0.1, 0.15) is 18.0 Å². The molecule has 24 heavy (non-hydrogen) atoms. The molecule has 3 rings (SSSR count). The monoisotopic (exact) mass is 322 g/mol. The fraction of sp³-hybridized carbons (Fsp3) is 0.286. The molecule has 3 heteroatoms. The molecule has 0 aliphatic heterocycles. The van der Waals surface area contributed by atoms with Crippen molar-refractivity contribution in [2.45, 2.75) is 33.3 Å². The maximum absolute atomic E-state index is 13.1. The third kappa shape index (κ3) is 3.26. The van der Waals surface area contributed by atoms with E-state index in [9.17, 15) is 4.79 Å². The Morgan fingerprint density at radius 1 is 1.04 bits per heavy atom. The summed E-state index contributed by atoms with van der Waals surface area (Å²) in [6.45, 7) is 5.03. The van der Waals surface area contributed by atoms with E-state index in [4.69, 9.17) is 9.15 Å². The van der Waals surface area contributed by atoms with Crippen LogP contribution in [0.3, 0.4) is 0 Å². The van der Waals surface area contributed by atoms with E-state index in [1.807, 2.05) is 55.5 Å². The number of hydrogen-bond donors (Lipinski definition) is 0. The molecule has 0 N–H and O–H groups in total. The number of hydrogen-bond acceptors (Lipinski definition) is 3. The molecule has 0 radical (unpaired) electrons. The minimum atomic E-state index is 0.00893. The van der Waals surface area contributed by atoms with Crippen molar-refractivity contribution in [3.8, 4) is 11.1 Å². The van der Waals surface area contributed by atoms with E-state index in [1.54, 1.807) is 0 Å². The summed E-state index contributed by atoms with van der Waals surface area (Å²) < 4.78 is 11.8. The highest BCUT2D eigenvalue weighted by atomic mass is 16.5. The number of ether oxygens (including phenoxy) is 1. The van der Waals surface area contributed by atoms with E-state index < -0.39 is 0 Å². The van der Waals surface area contributed by atoms with Crippen LogP contribution in [0.5, 0.6) is 0 Å². The highest BCUT2D eigenvalue weighted by Gasteiger charge is 2.17. The van der Waals surface area contributed by atoms with Crippen LogP contribution >= 0.6 is 0 Å². The SMILES string of the molecule is CCCCOCc1oc2cccc(C)c2c(=O)c1-c1ccccc1. The van der Waals surface area contributed by atoms with E-state index in [0.29, 0.717) is 35.5 Å². The second-order valence-electron chi connectivity index (χ2n) is 5.95. The zero-order chi connectivity index (χ0) is 16.9. The van der Waals surface area contributed by atoms with E-state index >= 15 is 0 Å². The van der Waals surface area contributed by atoms with E-state index in [0.717, 1.165) is 24.0 Å². The van der Waals surface area contributed by atoms with Gasteiger partial charge in [-0.3, -0.25) is 4.79 Å². The summed E-state index contributed by atoms with van der Waals surface area (Å²) in [4.78, 5) is 13.1. The van der Waals surface area contributed by atoms with Gasteiger partial charge in [0.05, 0.1) is 10.9 Å². The average Bonchev–Trinajstić information content (AvgIpc) is 2.59. The van der Waals surface area contributed by atoms with Gasteiger partial charge in [-0.2, -0.15) is 0 Å². The Morgan fingerprint density at radius 3 is 2.58 bits per heavy atom. The van der Waals surface area contributed by atoms with Gasteiger partial charge >= 0.3 is 0 Å². The van der Waals surface area contributed by atoms with Crippen LogP contribution in [-0.4, -0.2) is 6.61 Å². The number of unbranched alkanes of at least 4 members (excludes halogenated alkanes) is 1. The molecule has 0 aliphatic rings. The summed E-state index contributed by atoms with van der Waals surface area (Å²) in [6, 6.07) is 15.4. The van der Waals surface area contributed by atoms with E-state index in [1.165, 1.54) is 0 Å². The van der Waals surface area contributed by atoms with E-state index in [-0.39, 0.29) is 5.43 Å². The Labute approximate surface area is 141 Å². The number of fused-ring (bicyclic) bond motifs is 1. The van der Waals surface area contributed by atoms with Crippen molar-refractivity contribution in [3.05, 3.63) is 70.1 Å². The highest BCUT2D eigenvalue weighted by Crippen LogP contribution is 2.26. The maximum atomic E-state index is 13.1. The number of aryl methyl sites for hydroxylation is 1. The van der Waals surface area contributed by atoms with Gasteiger partial charge in [0.25, 0.3) is 0 Å². The molecule has 0 bridgehead atoms. The molecule has 0 saturated heterocycles. The zero-order valence-corrected chi connectivity index (χ0v) is 14.2. The van der Waals surface area contributed by atoms with Crippen molar-refractivity contribution in [3.63, 3.8) is 0 Å². The summed E-state index contributed by atoms with van der Waals surface area (Å²) in [5.41, 5.74) is 3.03. The van der Waals surface area contributed by atoms with Gasteiger partial charge in [0.2, 0.25) is 5.43 Å². The van der Waals surface area contributed by atoms with Gasteiger partial charge in [-0.25, -0.2) is 0 Å². The number of benzene rings is 2. The Morgan fingerprint density at radius 2 is 1.83 bits per heavy atom. The molecule has 0 saturated carbocycles. The molecule has 0 atom stereocenters. The molecule has 3 aromatic rings. The molecule has 0 spiro atoms. The van der Waals surface area contributed by atoms with Crippen molar-refractivity contribution in [2.24, 2.45) is 0 Å². The summed E-state index contributed by atoms with van der Waals surface area (Å²) >= 11 is 0. The summed E-state index contributed by atoms with van der Waals surface area (Å²) in [7, 11) is 0. The first kappa shape index (κ1) is 16.5. The van der Waals surface area contributed by atoms with Gasteiger partial charge in [-0.1, -0.05) is 55.8 Å². The normalized spacial score (nSPS) is 11.1. The van der Waals surface area contributed by atoms with Crippen LogP contribution in [0.25, 0.3) is 22.1 Å². The highest BCUT2D eigenvalue weighted by molar-refractivity contribution is 5.85. The molecule has 0 aliphatic carbocycles. The van der Waals surface area contributed by atoms with E-state index in [2.05, 4.69) is 6.92 Å². The Kier molecular flexibility index (Phi) is 5.11. The molecular weight excluding hydrogens is 300 g/mol. The van der Waals surface area contributed by atoms with Crippen molar-refractivity contribution >= 4 is 11.0 Å². The van der Waals surface area contributed by atoms with Crippen molar-refractivity contribution in [2.75, 3.05) is 6.61 Å². The molecule has 1 heterocycles. The minimum Gasteiger partial charge on any atom is -0.458 e. The van der Waals surface area contributed by atoms with Crippen molar-refractivity contribution in [1.29, 1.82) is 0 Å². The largest absolute Gasteiger partial charge is 0.458 e. The molecular formula is C21H22O3. The third-order valence-electron chi connectivity index (χ3n) is 4.14. The third-order valence-corrected chi connectivity index (χ3v) is 4.14. The smallest absolute Gasteiger partial charge is 0.201 e. The quantitative estimate of drug-likeness (QED) is 0.594. The number of rotatable bonds is 6. The zero-order valence-electron chi connectivity index (χ0n) is 14.2. The Bertz CT molecular complexity index is 879. The first-order valence-corrected chi connectivity index (χ1v) is 8.41. The van der Waals surface area contributed by atoms with Crippen LogP contribution < -0.4 is 5.43 Å². The van der Waals surface area contributed by atoms with Gasteiger partial charge < -0.3 is 9.15 Å². The molecule has 0 fully saturated rings. The lowest BCUT2D eigenvalue weighted by Gasteiger charge is -2.12. The van der Waals surface area contributed by atoms with Gasteiger partial charge in [-0.05, 0) is 30.5 Å². The Hall–Kier alpha value is -2.39. The fourth-order valence-corrected chi connectivity index (χ4v) is 2.86. The van der Waals surface area contributed by atoms with Crippen LogP contribution in [0.15, 0.2) is 57.7 Å². The summed E-state index contributed by atoms with van der Waals surface area (Å²) in [5.74, 6) is 0.598. The molecule has 3 nitrogen and oxygen atoms in total. The van der Waals surface area contributed by atoms with Crippen LogP contribution in [0.1, 0.15) is 31.1 Å². The van der Waals surface area contributed by atoms with Crippen LogP contribution in [0.4, 0.5) is 0 Å². The van der Waals surface area contributed by atoms with Crippen molar-refractivity contribution in [1.82, 2.24) is 0 Å². The predicted octanol–water partition coefficient (Wildman–Crippen LogP) is 5.09. The molecule has 1 aromatic heterocycles. The standard InChI is InChI=1S/C21H22O3/c1-3-4-13-23-14-18-20(16-10-6-5-7-11-16)21(22)19-15(2)9-8-12-17(19)24-18/h5-12H,3-4,13-14H2,1-2H3. The van der Waals surface area contributed by atoms with Gasteiger partial charge in [0.15, 0.2) is 0 Å². The maximum Gasteiger partial charge on any atom is 0.201 e. The lowest BCUT2D eigenvalue weighted by Crippen LogP contribution is -2.11. The fourth-order valence-electron chi connectivity index (χ4n) is 2.86. The predicted molar refractivity (Wildman–Crippen MR) is 97.2 cm³/mol.